The number of hydrogen-bond donors (Lipinski definition) is 7. The predicted molar refractivity (Wildman–Crippen MR) is 90.4 cm³/mol. The van der Waals surface area contributed by atoms with Crippen LogP contribution in [0.25, 0.3) is 0 Å². The van der Waals surface area contributed by atoms with E-state index in [0.717, 1.165) is 0 Å². The minimum absolute atomic E-state index is 0.526. The summed E-state index contributed by atoms with van der Waals surface area (Å²) in [7, 11) is 0. The van der Waals surface area contributed by atoms with Gasteiger partial charge in [-0.05, 0) is 6.92 Å². The van der Waals surface area contributed by atoms with Gasteiger partial charge in [0.25, 0.3) is 0 Å². The number of amides is 2. The Hall–Kier alpha value is -1.38. The van der Waals surface area contributed by atoms with Gasteiger partial charge in [-0.25, -0.2) is 0 Å². The number of carbonyl (C=O) groups excluding carboxylic acids is 2. The fraction of sp³-hybridized carbons (Fsp3) is 0.875. The highest BCUT2D eigenvalue weighted by Crippen LogP contribution is 2.28. The summed E-state index contributed by atoms with van der Waals surface area (Å²) in [5.41, 5.74) is 0. The zero-order valence-electron chi connectivity index (χ0n) is 15.8. The molecule has 0 radical (unpaired) electrons. The molecule has 2 heterocycles. The summed E-state index contributed by atoms with van der Waals surface area (Å²) < 4.78 is 16.4. The summed E-state index contributed by atoms with van der Waals surface area (Å²) in [5.74, 6) is -1.06. The first-order chi connectivity index (χ1) is 13.1. The molecule has 2 aliphatic rings. The first-order valence-corrected chi connectivity index (χ1v) is 8.90. The summed E-state index contributed by atoms with van der Waals surface area (Å²) in [5, 5.41) is 55.1. The molecule has 28 heavy (non-hydrogen) atoms. The van der Waals surface area contributed by atoms with Crippen LogP contribution in [0.1, 0.15) is 20.8 Å². The predicted octanol–water partition coefficient (Wildman–Crippen LogP) is -4.08. The normalized spacial score (nSPS) is 44.0. The van der Waals surface area contributed by atoms with E-state index in [0.29, 0.717) is 0 Å². The molecule has 0 spiro atoms. The van der Waals surface area contributed by atoms with Crippen molar-refractivity contribution < 1.29 is 49.3 Å². The number of aliphatic hydroxyl groups is 5. The van der Waals surface area contributed by atoms with Crippen molar-refractivity contribution in [3.63, 3.8) is 0 Å². The molecule has 0 unspecified atom stereocenters. The smallest absolute Gasteiger partial charge is 0.217 e. The van der Waals surface area contributed by atoms with E-state index in [4.69, 9.17) is 14.2 Å². The van der Waals surface area contributed by atoms with Gasteiger partial charge in [0.15, 0.2) is 12.6 Å². The minimum atomic E-state index is -1.61. The summed E-state index contributed by atoms with van der Waals surface area (Å²) in [6.45, 7) is 3.23. The van der Waals surface area contributed by atoms with Crippen molar-refractivity contribution in [1.82, 2.24) is 10.6 Å². The van der Waals surface area contributed by atoms with E-state index in [-0.39, 0.29) is 0 Å². The molecule has 2 aliphatic heterocycles. The summed E-state index contributed by atoms with van der Waals surface area (Å²) in [6.07, 6.45) is -10.6. The quantitative estimate of drug-likeness (QED) is 0.236. The van der Waals surface area contributed by atoms with Crippen molar-refractivity contribution in [1.29, 1.82) is 0 Å². The summed E-state index contributed by atoms with van der Waals surface area (Å²) in [6, 6.07) is -2.42. The second kappa shape index (κ2) is 9.41. The average molecular weight is 408 g/mol. The van der Waals surface area contributed by atoms with Crippen LogP contribution in [0.3, 0.4) is 0 Å². The van der Waals surface area contributed by atoms with Gasteiger partial charge < -0.3 is 50.4 Å². The molecular weight excluding hydrogens is 380 g/mol. The van der Waals surface area contributed by atoms with E-state index in [1.54, 1.807) is 0 Å². The van der Waals surface area contributed by atoms with Gasteiger partial charge in [-0.2, -0.15) is 0 Å². The van der Waals surface area contributed by atoms with Crippen LogP contribution in [-0.2, 0) is 23.8 Å². The number of aliphatic hydroxyl groups excluding tert-OH is 5. The van der Waals surface area contributed by atoms with Crippen molar-refractivity contribution in [2.24, 2.45) is 0 Å². The summed E-state index contributed by atoms with van der Waals surface area (Å²) in [4.78, 5) is 23.0. The van der Waals surface area contributed by atoms with Gasteiger partial charge in [-0.15, -0.1) is 0 Å². The van der Waals surface area contributed by atoms with Crippen molar-refractivity contribution in [3.8, 4) is 0 Å². The first kappa shape index (κ1) is 22.9. The Labute approximate surface area is 161 Å². The maximum Gasteiger partial charge on any atom is 0.217 e. The summed E-state index contributed by atoms with van der Waals surface area (Å²) >= 11 is 0. The molecule has 0 aromatic rings. The standard InChI is InChI=1S/C16H28N2O10/c1-5-11(22)13(24)9(17-6(2)20)16(26-5)28-14-10(18-7(3)21)15(25)27-8(4-19)12(14)23/h5,8-16,19,22-25H,4H2,1-3H3,(H,17,20)(H,18,21)/t5-,8+,9-,10+,11+,12+,13-,14+,15+,16-/m0/s1. The maximum absolute atomic E-state index is 11.5. The van der Waals surface area contributed by atoms with Crippen LogP contribution in [0.5, 0.6) is 0 Å². The second-order valence-electron chi connectivity index (χ2n) is 6.98. The van der Waals surface area contributed by atoms with Crippen LogP contribution in [-0.4, -0.2) is 105 Å². The maximum atomic E-state index is 11.5. The molecule has 0 aromatic carbocycles. The first-order valence-electron chi connectivity index (χ1n) is 8.90. The van der Waals surface area contributed by atoms with Crippen LogP contribution < -0.4 is 10.6 Å². The Bertz CT molecular complexity index is 550. The fourth-order valence-electron chi connectivity index (χ4n) is 3.32. The van der Waals surface area contributed by atoms with Gasteiger partial charge in [0.05, 0.1) is 12.7 Å². The lowest BCUT2D eigenvalue weighted by Crippen LogP contribution is -2.69. The molecule has 2 saturated heterocycles. The largest absolute Gasteiger partial charge is 0.394 e. The highest BCUT2D eigenvalue weighted by molar-refractivity contribution is 5.73. The number of rotatable bonds is 5. The van der Waals surface area contributed by atoms with Crippen molar-refractivity contribution in [2.45, 2.75) is 82.1 Å². The molecule has 0 saturated carbocycles. The minimum Gasteiger partial charge on any atom is -0.394 e. The van der Waals surface area contributed by atoms with Crippen LogP contribution in [0.15, 0.2) is 0 Å². The Morgan fingerprint density at radius 3 is 2.04 bits per heavy atom. The fourth-order valence-corrected chi connectivity index (χ4v) is 3.32. The van der Waals surface area contributed by atoms with E-state index >= 15 is 0 Å². The highest BCUT2D eigenvalue weighted by Gasteiger charge is 2.50. The van der Waals surface area contributed by atoms with Crippen LogP contribution in [0.4, 0.5) is 0 Å². The lowest BCUT2D eigenvalue weighted by atomic mass is 9.94. The molecule has 2 amide bonds. The zero-order valence-corrected chi connectivity index (χ0v) is 15.8. The van der Waals surface area contributed by atoms with E-state index in [9.17, 15) is 35.1 Å². The van der Waals surface area contributed by atoms with Crippen molar-refractivity contribution in [2.75, 3.05) is 6.61 Å². The Morgan fingerprint density at radius 1 is 0.929 bits per heavy atom. The van der Waals surface area contributed by atoms with E-state index in [1.165, 1.54) is 20.8 Å². The monoisotopic (exact) mass is 408 g/mol. The molecule has 10 atom stereocenters. The molecule has 162 valence electrons. The third-order valence-corrected chi connectivity index (χ3v) is 4.74. The Balaban J connectivity index is 2.29. The number of ether oxygens (including phenoxy) is 3. The van der Waals surface area contributed by atoms with Crippen molar-refractivity contribution >= 4 is 11.8 Å². The Kier molecular flexibility index (Phi) is 7.70. The molecular formula is C16H28N2O10. The molecule has 0 aromatic heterocycles. The molecule has 2 fully saturated rings. The van der Waals surface area contributed by atoms with E-state index < -0.39 is 79.7 Å². The molecule has 0 aliphatic carbocycles. The van der Waals surface area contributed by atoms with Crippen LogP contribution >= 0.6 is 0 Å². The third kappa shape index (κ3) is 4.96. The zero-order chi connectivity index (χ0) is 21.2. The number of hydrogen-bond acceptors (Lipinski definition) is 10. The van der Waals surface area contributed by atoms with Gasteiger partial charge in [-0.1, -0.05) is 0 Å². The van der Waals surface area contributed by atoms with Gasteiger partial charge in [-0.3, -0.25) is 9.59 Å². The van der Waals surface area contributed by atoms with Gasteiger partial charge in [0.2, 0.25) is 11.8 Å². The van der Waals surface area contributed by atoms with Gasteiger partial charge >= 0.3 is 0 Å². The van der Waals surface area contributed by atoms with Gasteiger partial charge in [0, 0.05) is 13.8 Å². The number of carbonyl (C=O) groups is 2. The van der Waals surface area contributed by atoms with Crippen LogP contribution in [0, 0.1) is 0 Å². The molecule has 7 N–H and O–H groups in total. The third-order valence-electron chi connectivity index (χ3n) is 4.74. The lowest BCUT2D eigenvalue weighted by molar-refractivity contribution is -0.319. The molecule has 0 bridgehead atoms. The van der Waals surface area contributed by atoms with Gasteiger partial charge in [0.1, 0.15) is 42.6 Å². The average Bonchev–Trinajstić information content (AvgIpc) is 2.61. The highest BCUT2D eigenvalue weighted by atomic mass is 16.7. The molecule has 12 heteroatoms. The SMILES string of the molecule is CC(=O)N[C@@H]1[C@H](O[C@H]2[C@H](O)[C@@H](CO)O[C@@H](O)[C@@H]2NC(C)=O)O[C@@H](C)[C@@H](O)[C@H]1O. The van der Waals surface area contributed by atoms with E-state index in [2.05, 4.69) is 10.6 Å². The number of nitrogens with one attached hydrogen (secondary N) is 2. The molecule has 2 rings (SSSR count). The van der Waals surface area contributed by atoms with E-state index in [1.807, 2.05) is 0 Å². The molecule has 12 nitrogen and oxygen atoms in total. The topological polar surface area (TPSA) is 187 Å². The Morgan fingerprint density at radius 2 is 1.50 bits per heavy atom. The second-order valence-corrected chi connectivity index (χ2v) is 6.98. The van der Waals surface area contributed by atoms with Crippen LogP contribution in [0.2, 0.25) is 0 Å². The lowest BCUT2D eigenvalue weighted by Gasteiger charge is -2.47. The van der Waals surface area contributed by atoms with Crippen molar-refractivity contribution in [3.05, 3.63) is 0 Å².